The van der Waals surface area contributed by atoms with Crippen LogP contribution >= 0.6 is 22.6 Å². The van der Waals surface area contributed by atoms with Crippen molar-refractivity contribution in [1.29, 1.82) is 0 Å². The summed E-state index contributed by atoms with van der Waals surface area (Å²) in [6.07, 6.45) is 0.193. The predicted molar refractivity (Wildman–Crippen MR) is 119 cm³/mol. The fourth-order valence-corrected chi connectivity index (χ4v) is 3.04. The number of methoxy groups -OCH3 is 1. The molecule has 154 valence electrons. The molecule has 3 aromatic rings. The summed E-state index contributed by atoms with van der Waals surface area (Å²) < 4.78 is 4.73. The van der Waals surface area contributed by atoms with Gasteiger partial charge in [-0.3, -0.25) is 4.79 Å². The molecule has 2 aromatic carbocycles. The van der Waals surface area contributed by atoms with E-state index in [1.54, 1.807) is 72.2 Å². The van der Waals surface area contributed by atoms with Crippen LogP contribution in [0, 0.1) is 0 Å². The molecule has 0 fully saturated rings. The third-order valence-corrected chi connectivity index (χ3v) is 4.75. The number of aromatic hydroxyl groups is 1. The van der Waals surface area contributed by atoms with E-state index >= 15 is 0 Å². The molecular weight excluding hydrogens is 501 g/mol. The lowest BCUT2D eigenvalue weighted by atomic mass is 10.1. The summed E-state index contributed by atoms with van der Waals surface area (Å²) in [7, 11) is 1.56. The van der Waals surface area contributed by atoms with Gasteiger partial charge in [0.2, 0.25) is 5.82 Å². The first-order valence-electron chi connectivity index (χ1n) is 8.86. The third kappa shape index (κ3) is 5.44. The van der Waals surface area contributed by atoms with Gasteiger partial charge in [0.25, 0.3) is 3.79 Å². The van der Waals surface area contributed by atoms with Gasteiger partial charge in [-0.05, 0) is 29.8 Å². The van der Waals surface area contributed by atoms with Gasteiger partial charge in [0.1, 0.15) is 23.4 Å². The molecule has 0 saturated heterocycles. The maximum Gasteiger partial charge on any atom is 0.326 e. The Bertz CT molecular complexity index is 1070. The molecule has 3 rings (SSSR count). The van der Waals surface area contributed by atoms with Crippen molar-refractivity contribution >= 4 is 38.2 Å². The van der Waals surface area contributed by atoms with Crippen molar-refractivity contribution in [3.05, 3.63) is 66.0 Å². The zero-order valence-corrected chi connectivity index (χ0v) is 18.0. The maximum atomic E-state index is 11.9. The molecule has 0 radical (unpaired) electrons. The first-order valence-corrected chi connectivity index (χ1v) is 9.94. The number of carbonyl (C=O) groups excluding carboxylic acids is 1. The minimum absolute atomic E-state index is 0.0471. The van der Waals surface area contributed by atoms with Gasteiger partial charge in [0.15, 0.2) is 0 Å². The van der Waals surface area contributed by atoms with E-state index in [9.17, 15) is 19.8 Å². The first-order chi connectivity index (χ1) is 14.4. The second-order valence-electron chi connectivity index (χ2n) is 6.37. The lowest BCUT2D eigenvalue weighted by Crippen LogP contribution is -2.32. The van der Waals surface area contributed by atoms with Crippen LogP contribution in [0.2, 0.25) is 0 Å². The van der Waals surface area contributed by atoms with Crippen LogP contribution in [0.1, 0.15) is 16.2 Å². The fourth-order valence-electron chi connectivity index (χ4n) is 2.80. The Balaban J connectivity index is 1.91. The van der Waals surface area contributed by atoms with E-state index in [4.69, 9.17) is 4.74 Å². The molecule has 0 aliphatic rings. The van der Waals surface area contributed by atoms with Crippen molar-refractivity contribution in [2.24, 2.45) is 0 Å². The summed E-state index contributed by atoms with van der Waals surface area (Å²) in [6.45, 7) is 0. The van der Waals surface area contributed by atoms with Crippen molar-refractivity contribution in [2.45, 2.75) is 12.5 Å². The number of carboxylic acids is 1. The predicted octanol–water partition coefficient (Wildman–Crippen LogP) is 3.54. The highest BCUT2D eigenvalue weighted by atomic mass is 127. The van der Waals surface area contributed by atoms with Gasteiger partial charge in [-0.25, -0.2) is 14.8 Å². The Morgan fingerprint density at radius 1 is 1.13 bits per heavy atom. The largest absolute Gasteiger partial charge is 0.508 e. The number of rotatable bonds is 8. The number of anilines is 1. The maximum absolute atomic E-state index is 11.9. The number of nitrogens with one attached hydrogen (secondary N) is 1. The van der Waals surface area contributed by atoms with Crippen LogP contribution in [0.25, 0.3) is 11.3 Å². The van der Waals surface area contributed by atoms with Gasteiger partial charge >= 0.3 is 5.97 Å². The zero-order chi connectivity index (χ0) is 21.7. The molecule has 0 saturated carbocycles. The Labute approximate surface area is 186 Å². The van der Waals surface area contributed by atoms with Crippen LogP contribution < -0.4 is 10.1 Å². The van der Waals surface area contributed by atoms with E-state index in [0.29, 0.717) is 17.0 Å². The van der Waals surface area contributed by atoms with Crippen molar-refractivity contribution < 1.29 is 24.5 Å². The monoisotopic (exact) mass is 519 g/mol. The second kappa shape index (κ2) is 9.53. The number of aromatic nitrogens is 2. The average molecular weight is 519 g/mol. The highest BCUT2D eigenvalue weighted by molar-refractivity contribution is 14.1. The molecule has 0 amide bonds. The summed E-state index contributed by atoms with van der Waals surface area (Å²) in [5, 5.41) is 22.3. The number of phenolic OH excluding ortho intramolecular Hbond substituents is 1. The van der Waals surface area contributed by atoms with Crippen molar-refractivity contribution in [2.75, 3.05) is 12.4 Å². The first kappa shape index (κ1) is 21.5. The summed E-state index contributed by atoms with van der Waals surface area (Å²) >= 11 is 1.57. The quantitative estimate of drug-likeness (QED) is 0.305. The molecule has 0 aliphatic heterocycles. The van der Waals surface area contributed by atoms with Gasteiger partial charge in [-0.2, -0.15) is 0 Å². The molecule has 0 aliphatic carbocycles. The van der Waals surface area contributed by atoms with Crippen LogP contribution in [0.4, 0.5) is 5.82 Å². The third-order valence-electron chi connectivity index (χ3n) is 4.26. The summed E-state index contributed by atoms with van der Waals surface area (Å²) in [4.78, 5) is 32.1. The van der Waals surface area contributed by atoms with Gasteiger partial charge < -0.3 is 20.3 Å². The van der Waals surface area contributed by atoms with Crippen LogP contribution in [-0.2, 0) is 11.2 Å². The van der Waals surface area contributed by atoms with E-state index in [1.807, 2.05) is 0 Å². The molecule has 1 aromatic heterocycles. The molecule has 1 heterocycles. The van der Waals surface area contributed by atoms with Crippen molar-refractivity contribution in [1.82, 2.24) is 9.97 Å². The minimum atomic E-state index is -1.06. The molecule has 0 unspecified atom stereocenters. The van der Waals surface area contributed by atoms with E-state index < -0.39 is 12.0 Å². The lowest BCUT2D eigenvalue weighted by Gasteiger charge is -2.16. The van der Waals surface area contributed by atoms with E-state index in [0.717, 1.165) is 5.56 Å². The summed E-state index contributed by atoms with van der Waals surface area (Å²) in [5.41, 5.74) is 1.75. The molecule has 8 nitrogen and oxygen atoms in total. The lowest BCUT2D eigenvalue weighted by molar-refractivity contribution is -0.137. The molecule has 9 heteroatoms. The number of halogens is 1. The molecule has 1 atom stereocenters. The van der Waals surface area contributed by atoms with Crippen molar-refractivity contribution in [3.63, 3.8) is 0 Å². The van der Waals surface area contributed by atoms with Gasteiger partial charge in [0.05, 0.1) is 12.8 Å². The molecule has 0 spiro atoms. The number of carboxylic acid groups (broad SMARTS) is 1. The number of benzene rings is 2. The molecular formula is C21H18IN3O5. The van der Waals surface area contributed by atoms with Crippen LogP contribution in [-0.4, -0.2) is 43.1 Å². The Kier molecular flexibility index (Phi) is 6.83. The molecule has 30 heavy (non-hydrogen) atoms. The van der Waals surface area contributed by atoms with Gasteiger partial charge in [0, 0.05) is 40.6 Å². The van der Waals surface area contributed by atoms with Gasteiger partial charge in [-0.1, -0.05) is 24.3 Å². The highest BCUT2D eigenvalue weighted by Gasteiger charge is 2.20. The Morgan fingerprint density at radius 2 is 1.87 bits per heavy atom. The summed E-state index contributed by atoms with van der Waals surface area (Å²) in [6, 6.07) is 14.0. The minimum Gasteiger partial charge on any atom is -0.508 e. The highest BCUT2D eigenvalue weighted by Crippen LogP contribution is 2.24. The second-order valence-corrected chi connectivity index (χ2v) is 7.35. The Morgan fingerprint density at radius 3 is 2.47 bits per heavy atom. The number of carbonyl (C=O) groups is 2. The van der Waals surface area contributed by atoms with E-state index in [2.05, 4.69) is 15.3 Å². The SMILES string of the molecule is COc1ccc(C[C@H](Nc2cc(-c3cccc(O)c3)nc(C(=O)I)n2)C(=O)O)cc1. The van der Waals surface area contributed by atoms with E-state index in [1.165, 1.54) is 12.1 Å². The van der Waals surface area contributed by atoms with E-state index in [-0.39, 0.29) is 27.6 Å². The number of nitrogens with zero attached hydrogens (tertiary/aromatic N) is 2. The van der Waals surface area contributed by atoms with Crippen molar-refractivity contribution in [3.8, 4) is 22.8 Å². The normalized spacial score (nSPS) is 11.5. The number of phenols is 1. The van der Waals surface area contributed by atoms with Crippen LogP contribution in [0.5, 0.6) is 11.5 Å². The fraction of sp³-hybridized carbons (Fsp3) is 0.143. The van der Waals surface area contributed by atoms with Crippen LogP contribution in [0.3, 0.4) is 0 Å². The standard InChI is InChI=1S/C21H18IN3O5/c1-30-15-7-5-12(6-8-15)9-17(21(28)29)23-18-11-16(24-20(25-18)19(22)27)13-3-2-4-14(26)10-13/h2-8,10-11,17,26H,9H2,1H3,(H,28,29)(H,23,24,25)/t17-/m0/s1. The number of hydrogen-bond acceptors (Lipinski definition) is 7. The molecule has 3 N–H and O–H groups in total. The number of hydrogen-bond donors (Lipinski definition) is 3. The number of ether oxygens (including phenoxy) is 1. The average Bonchev–Trinajstić information content (AvgIpc) is 2.73. The summed E-state index contributed by atoms with van der Waals surface area (Å²) in [5.74, 6) is -0.205. The van der Waals surface area contributed by atoms with Crippen LogP contribution in [0.15, 0.2) is 54.6 Å². The zero-order valence-electron chi connectivity index (χ0n) is 15.9. The Hall–Kier alpha value is -3.21. The number of aliphatic carboxylic acids is 1. The smallest absolute Gasteiger partial charge is 0.326 e. The van der Waals surface area contributed by atoms with Gasteiger partial charge in [-0.15, -0.1) is 0 Å². The molecule has 0 bridgehead atoms. The topological polar surface area (TPSA) is 122 Å².